The number of ether oxygens (including phenoxy) is 2. The predicted molar refractivity (Wildman–Crippen MR) is 74.6 cm³/mol. The van der Waals surface area contributed by atoms with Gasteiger partial charge in [-0.25, -0.2) is 0 Å². The lowest BCUT2D eigenvalue weighted by Crippen LogP contribution is -2.14. The van der Waals surface area contributed by atoms with Crippen LogP contribution < -0.4 is 20.9 Å². The van der Waals surface area contributed by atoms with Gasteiger partial charge >= 0.3 is 11.9 Å². The Morgan fingerprint density at radius 2 is 1.25 bits per heavy atom. The second kappa shape index (κ2) is 7.62. The zero-order valence-corrected chi connectivity index (χ0v) is 11.8. The van der Waals surface area contributed by atoms with Gasteiger partial charge in [0.2, 0.25) is 0 Å². The minimum Gasteiger partial charge on any atom is -0.422 e. The summed E-state index contributed by atoms with van der Waals surface area (Å²) in [6.45, 7) is 3.37. The number of benzene rings is 1. The van der Waals surface area contributed by atoms with E-state index in [-0.39, 0.29) is 11.5 Å². The normalized spacial score (nSPS) is 10.2. The Morgan fingerprint density at radius 1 is 0.900 bits per heavy atom. The molecule has 0 saturated heterocycles. The standard InChI is InChI=1S/C14H20N2O4/c1-9(17)19-13-11(5-7-15)3-4-12(6-8-16)14(13)20-10(2)18/h3-4H,5-8,15-16H2,1-2H3. The summed E-state index contributed by atoms with van der Waals surface area (Å²) in [5.74, 6) is -0.462. The molecule has 0 radical (unpaired) electrons. The van der Waals surface area contributed by atoms with Crippen LogP contribution in [0.15, 0.2) is 12.1 Å². The Balaban J connectivity index is 3.36. The molecule has 0 fully saturated rings. The maximum Gasteiger partial charge on any atom is 0.308 e. The molecule has 1 aromatic carbocycles. The molecule has 0 spiro atoms. The average molecular weight is 280 g/mol. The first-order valence-corrected chi connectivity index (χ1v) is 6.41. The lowest BCUT2D eigenvalue weighted by atomic mass is 10.0. The molecule has 0 atom stereocenters. The summed E-state index contributed by atoms with van der Waals surface area (Å²) in [5, 5.41) is 0. The summed E-state index contributed by atoms with van der Waals surface area (Å²) in [6.07, 6.45) is 1.03. The molecule has 0 saturated carbocycles. The molecule has 0 aromatic heterocycles. The number of carbonyl (C=O) groups is 2. The van der Waals surface area contributed by atoms with Crippen LogP contribution in [-0.4, -0.2) is 25.0 Å². The van der Waals surface area contributed by atoms with E-state index < -0.39 is 11.9 Å². The molecule has 0 aliphatic heterocycles. The molecular formula is C14H20N2O4. The zero-order chi connectivity index (χ0) is 15.1. The Kier molecular flexibility index (Phi) is 6.14. The summed E-state index contributed by atoms with van der Waals surface area (Å²) in [4.78, 5) is 22.5. The van der Waals surface area contributed by atoms with Gasteiger partial charge in [0.05, 0.1) is 0 Å². The van der Waals surface area contributed by atoms with Crippen molar-refractivity contribution in [3.05, 3.63) is 23.3 Å². The predicted octanol–water partition coefficient (Wildman–Crippen LogP) is 0.540. The van der Waals surface area contributed by atoms with Crippen LogP contribution in [-0.2, 0) is 22.4 Å². The Bertz CT molecular complexity index is 455. The van der Waals surface area contributed by atoms with E-state index >= 15 is 0 Å². The van der Waals surface area contributed by atoms with E-state index in [1.54, 1.807) is 0 Å². The van der Waals surface area contributed by atoms with Crippen LogP contribution in [0.5, 0.6) is 11.5 Å². The second-order valence-corrected chi connectivity index (χ2v) is 4.31. The Labute approximate surface area is 118 Å². The summed E-state index contributed by atoms with van der Waals surface area (Å²) < 4.78 is 10.4. The molecule has 0 aliphatic rings. The molecule has 4 N–H and O–H groups in total. The molecule has 20 heavy (non-hydrogen) atoms. The monoisotopic (exact) mass is 280 g/mol. The maximum absolute atomic E-state index is 11.3. The number of esters is 2. The van der Waals surface area contributed by atoms with Crippen LogP contribution in [0.3, 0.4) is 0 Å². The van der Waals surface area contributed by atoms with E-state index in [2.05, 4.69) is 0 Å². The third kappa shape index (κ3) is 4.32. The molecule has 0 bridgehead atoms. The first-order valence-electron chi connectivity index (χ1n) is 6.41. The van der Waals surface area contributed by atoms with Crippen LogP contribution in [0.25, 0.3) is 0 Å². The third-order valence-electron chi connectivity index (χ3n) is 2.59. The molecular weight excluding hydrogens is 260 g/mol. The highest BCUT2D eigenvalue weighted by atomic mass is 16.6. The molecule has 110 valence electrons. The smallest absolute Gasteiger partial charge is 0.308 e. The van der Waals surface area contributed by atoms with Crippen molar-refractivity contribution in [1.82, 2.24) is 0 Å². The quantitative estimate of drug-likeness (QED) is 0.582. The highest BCUT2D eigenvalue weighted by Crippen LogP contribution is 2.36. The van der Waals surface area contributed by atoms with Gasteiger partial charge in [-0.3, -0.25) is 9.59 Å². The van der Waals surface area contributed by atoms with Gasteiger partial charge in [0.1, 0.15) is 0 Å². The minimum absolute atomic E-state index is 0.254. The number of nitrogens with two attached hydrogens (primary N) is 2. The largest absolute Gasteiger partial charge is 0.422 e. The van der Waals surface area contributed by atoms with Gasteiger partial charge in [-0.05, 0) is 25.9 Å². The van der Waals surface area contributed by atoms with E-state index in [9.17, 15) is 9.59 Å². The van der Waals surface area contributed by atoms with Gasteiger partial charge in [0.15, 0.2) is 11.5 Å². The molecule has 0 aliphatic carbocycles. The number of hydrogen-bond donors (Lipinski definition) is 2. The van der Waals surface area contributed by atoms with Crippen LogP contribution in [0.4, 0.5) is 0 Å². The second-order valence-electron chi connectivity index (χ2n) is 4.31. The summed E-state index contributed by atoms with van der Waals surface area (Å²) >= 11 is 0. The van der Waals surface area contributed by atoms with Crippen molar-refractivity contribution in [2.75, 3.05) is 13.1 Å². The van der Waals surface area contributed by atoms with E-state index in [0.717, 1.165) is 11.1 Å². The van der Waals surface area contributed by atoms with Gasteiger partial charge in [0, 0.05) is 25.0 Å². The van der Waals surface area contributed by atoms with Gasteiger partial charge < -0.3 is 20.9 Å². The summed E-state index contributed by atoms with van der Waals surface area (Å²) in [7, 11) is 0. The van der Waals surface area contributed by atoms with E-state index in [0.29, 0.717) is 25.9 Å². The fraction of sp³-hybridized carbons (Fsp3) is 0.429. The van der Waals surface area contributed by atoms with Gasteiger partial charge in [-0.2, -0.15) is 0 Å². The number of rotatable bonds is 6. The Morgan fingerprint density at radius 3 is 1.50 bits per heavy atom. The summed E-state index contributed by atoms with van der Waals surface area (Å²) in [5.41, 5.74) is 12.5. The third-order valence-corrected chi connectivity index (χ3v) is 2.59. The highest BCUT2D eigenvalue weighted by molar-refractivity contribution is 5.75. The number of carbonyl (C=O) groups excluding carboxylic acids is 2. The molecule has 1 rings (SSSR count). The van der Waals surface area contributed by atoms with Gasteiger partial charge in [-0.1, -0.05) is 12.1 Å². The fourth-order valence-electron chi connectivity index (χ4n) is 1.86. The topological polar surface area (TPSA) is 105 Å². The molecule has 0 amide bonds. The van der Waals surface area contributed by atoms with Crippen molar-refractivity contribution in [2.45, 2.75) is 26.7 Å². The molecule has 1 aromatic rings. The van der Waals surface area contributed by atoms with Gasteiger partial charge in [-0.15, -0.1) is 0 Å². The minimum atomic E-state index is -0.485. The molecule has 0 unspecified atom stereocenters. The molecule has 0 heterocycles. The van der Waals surface area contributed by atoms with Crippen molar-refractivity contribution in [2.24, 2.45) is 11.5 Å². The lowest BCUT2D eigenvalue weighted by molar-refractivity contribution is -0.134. The number of hydrogen-bond acceptors (Lipinski definition) is 6. The van der Waals surface area contributed by atoms with Crippen molar-refractivity contribution < 1.29 is 19.1 Å². The van der Waals surface area contributed by atoms with Crippen LogP contribution in [0.1, 0.15) is 25.0 Å². The van der Waals surface area contributed by atoms with Crippen LogP contribution in [0.2, 0.25) is 0 Å². The average Bonchev–Trinajstić information content (AvgIpc) is 2.35. The zero-order valence-electron chi connectivity index (χ0n) is 11.8. The fourth-order valence-corrected chi connectivity index (χ4v) is 1.86. The maximum atomic E-state index is 11.3. The van der Waals surface area contributed by atoms with E-state index in [1.807, 2.05) is 12.1 Å². The molecule has 6 heteroatoms. The van der Waals surface area contributed by atoms with Crippen molar-refractivity contribution in [3.63, 3.8) is 0 Å². The van der Waals surface area contributed by atoms with Gasteiger partial charge in [0.25, 0.3) is 0 Å². The summed E-state index contributed by atoms with van der Waals surface area (Å²) in [6, 6.07) is 3.62. The first kappa shape index (κ1) is 16.1. The molecule has 6 nitrogen and oxygen atoms in total. The Hall–Kier alpha value is -1.92. The van der Waals surface area contributed by atoms with Crippen LogP contribution >= 0.6 is 0 Å². The van der Waals surface area contributed by atoms with Crippen molar-refractivity contribution in [1.29, 1.82) is 0 Å². The van der Waals surface area contributed by atoms with Crippen molar-refractivity contribution in [3.8, 4) is 11.5 Å². The first-order chi connectivity index (χ1) is 9.49. The van der Waals surface area contributed by atoms with E-state index in [4.69, 9.17) is 20.9 Å². The van der Waals surface area contributed by atoms with E-state index in [1.165, 1.54) is 13.8 Å². The highest BCUT2D eigenvalue weighted by Gasteiger charge is 2.19. The SMILES string of the molecule is CC(=O)Oc1c(CCN)ccc(CCN)c1OC(C)=O. The van der Waals surface area contributed by atoms with Crippen molar-refractivity contribution >= 4 is 11.9 Å². The van der Waals surface area contributed by atoms with Crippen LogP contribution in [0, 0.1) is 0 Å². The lowest BCUT2D eigenvalue weighted by Gasteiger charge is -2.16.